The second-order valence-corrected chi connectivity index (χ2v) is 5.22. The van der Waals surface area contributed by atoms with Crippen molar-refractivity contribution in [3.63, 3.8) is 0 Å². The van der Waals surface area contributed by atoms with Crippen LogP contribution in [0.25, 0.3) is 0 Å². The van der Waals surface area contributed by atoms with Crippen molar-refractivity contribution in [2.75, 3.05) is 0 Å². The lowest BCUT2D eigenvalue weighted by atomic mass is 9.47. The molecule has 4 saturated carbocycles. The fourth-order valence-electron chi connectivity index (χ4n) is 4.36. The zero-order chi connectivity index (χ0) is 7.97. The van der Waals surface area contributed by atoms with Gasteiger partial charge in [0.25, 0.3) is 0 Å². The normalized spacial score (nSPS) is 52.0. The summed E-state index contributed by atoms with van der Waals surface area (Å²) in [4.78, 5) is 0. The van der Waals surface area contributed by atoms with Crippen molar-refractivity contribution < 1.29 is 0 Å². The smallest absolute Gasteiger partial charge is 0.0352 e. The van der Waals surface area contributed by atoms with E-state index in [0.717, 1.165) is 0 Å². The first-order chi connectivity index (χ1) is 5.97. The van der Waals surface area contributed by atoms with Crippen molar-refractivity contribution in [1.82, 2.24) is 0 Å². The van der Waals surface area contributed by atoms with Gasteiger partial charge in [0.1, 0.15) is 0 Å². The minimum Gasteiger partial charge on any atom is -0.0533 e. The van der Waals surface area contributed by atoms with Crippen LogP contribution in [0, 0.1) is 23.7 Å². The summed E-state index contributed by atoms with van der Waals surface area (Å²) >= 11 is 0. The van der Waals surface area contributed by atoms with Gasteiger partial charge in [-0.05, 0) is 49.4 Å². The SMILES string of the molecule is C1CCC2C3CCCC2C3CC1. The minimum absolute atomic E-state index is 1.20. The van der Waals surface area contributed by atoms with Gasteiger partial charge in [0.05, 0.1) is 0 Å². The van der Waals surface area contributed by atoms with Crippen LogP contribution in [-0.2, 0) is 0 Å². The van der Waals surface area contributed by atoms with Crippen LogP contribution < -0.4 is 0 Å². The quantitative estimate of drug-likeness (QED) is 0.513. The van der Waals surface area contributed by atoms with Crippen LogP contribution in [0.5, 0.6) is 0 Å². The number of hydrogen-bond donors (Lipinski definition) is 0. The fraction of sp³-hybridized carbons (Fsp3) is 1.00. The van der Waals surface area contributed by atoms with E-state index >= 15 is 0 Å². The van der Waals surface area contributed by atoms with E-state index in [4.69, 9.17) is 0 Å². The van der Waals surface area contributed by atoms with E-state index in [1.165, 1.54) is 30.1 Å². The predicted octanol–water partition coefficient (Wildman–Crippen LogP) is 3.61. The molecule has 0 aromatic heterocycles. The van der Waals surface area contributed by atoms with Crippen LogP contribution in [0.15, 0.2) is 0 Å². The molecule has 0 amide bonds. The molecule has 4 fully saturated rings. The third kappa shape index (κ3) is 0.900. The van der Waals surface area contributed by atoms with Crippen LogP contribution >= 0.6 is 0 Å². The molecule has 0 aliphatic heterocycles. The van der Waals surface area contributed by atoms with Crippen LogP contribution in [-0.4, -0.2) is 0 Å². The maximum absolute atomic E-state index is 1.59. The van der Waals surface area contributed by atoms with Crippen LogP contribution in [0.2, 0.25) is 0 Å². The van der Waals surface area contributed by atoms with Gasteiger partial charge in [-0.1, -0.05) is 25.7 Å². The molecule has 12 heavy (non-hydrogen) atoms. The molecule has 4 aliphatic rings. The minimum atomic E-state index is 1.20. The Balaban J connectivity index is 1.77. The molecule has 0 atom stereocenters. The molecule has 0 aromatic carbocycles. The van der Waals surface area contributed by atoms with Gasteiger partial charge in [0.15, 0.2) is 0 Å². The lowest BCUT2D eigenvalue weighted by molar-refractivity contribution is -0.0857. The highest BCUT2D eigenvalue weighted by molar-refractivity contribution is 5.00. The molecule has 4 aliphatic carbocycles. The Kier molecular flexibility index (Phi) is 1.70. The van der Waals surface area contributed by atoms with Crippen molar-refractivity contribution in [1.29, 1.82) is 0 Å². The molecule has 0 heteroatoms. The molecular weight excluding hydrogens is 144 g/mol. The van der Waals surface area contributed by atoms with Gasteiger partial charge < -0.3 is 0 Å². The molecule has 0 unspecified atom stereocenters. The van der Waals surface area contributed by atoms with Crippen molar-refractivity contribution >= 4 is 0 Å². The van der Waals surface area contributed by atoms with Crippen LogP contribution in [0.1, 0.15) is 51.4 Å². The van der Waals surface area contributed by atoms with Gasteiger partial charge in [0, 0.05) is 0 Å². The largest absolute Gasteiger partial charge is 0.0533 e. The van der Waals surface area contributed by atoms with E-state index in [9.17, 15) is 0 Å². The molecule has 0 nitrogen and oxygen atoms in total. The maximum Gasteiger partial charge on any atom is -0.0352 e. The van der Waals surface area contributed by atoms with Gasteiger partial charge in [-0.15, -0.1) is 0 Å². The Bertz CT molecular complexity index is 143. The van der Waals surface area contributed by atoms with Gasteiger partial charge in [0.2, 0.25) is 0 Å². The highest BCUT2D eigenvalue weighted by Gasteiger charge is 2.51. The summed E-state index contributed by atoms with van der Waals surface area (Å²) in [6.45, 7) is 0. The Morgan fingerprint density at radius 1 is 0.417 bits per heavy atom. The highest BCUT2D eigenvalue weighted by Crippen LogP contribution is 2.59. The van der Waals surface area contributed by atoms with Crippen molar-refractivity contribution in [2.45, 2.75) is 51.4 Å². The van der Waals surface area contributed by atoms with Gasteiger partial charge in [-0.25, -0.2) is 0 Å². The van der Waals surface area contributed by atoms with Crippen molar-refractivity contribution in [3.05, 3.63) is 0 Å². The third-order valence-corrected chi connectivity index (χ3v) is 4.85. The van der Waals surface area contributed by atoms with E-state index < -0.39 is 0 Å². The molecule has 0 aromatic rings. The first kappa shape index (κ1) is 7.41. The summed E-state index contributed by atoms with van der Waals surface area (Å²) in [5, 5.41) is 0. The number of hydrogen-bond acceptors (Lipinski definition) is 0. The average molecular weight is 164 g/mol. The fourth-order valence-corrected chi connectivity index (χ4v) is 4.36. The van der Waals surface area contributed by atoms with E-state index in [1.807, 2.05) is 0 Å². The first-order valence-corrected chi connectivity index (χ1v) is 5.97. The van der Waals surface area contributed by atoms with E-state index in [0.29, 0.717) is 0 Å². The summed E-state index contributed by atoms with van der Waals surface area (Å²) in [7, 11) is 0. The van der Waals surface area contributed by atoms with E-state index in [2.05, 4.69) is 0 Å². The molecule has 4 rings (SSSR count). The lowest BCUT2D eigenvalue weighted by Crippen LogP contribution is -2.50. The zero-order valence-corrected chi connectivity index (χ0v) is 7.97. The molecule has 0 heterocycles. The van der Waals surface area contributed by atoms with Gasteiger partial charge in [-0.2, -0.15) is 0 Å². The number of rotatable bonds is 0. The second-order valence-electron chi connectivity index (χ2n) is 5.22. The van der Waals surface area contributed by atoms with Crippen molar-refractivity contribution in [3.8, 4) is 0 Å². The standard InChI is InChI=1S/C12H20/c1-2-5-9-11-7-4-8-12(9)10(11)6-3-1/h9-12H,1-8H2. The molecule has 0 saturated heterocycles. The molecule has 0 N–H and O–H groups in total. The Hall–Kier alpha value is 0. The molecule has 68 valence electrons. The third-order valence-electron chi connectivity index (χ3n) is 4.85. The maximum atomic E-state index is 1.59. The second kappa shape index (κ2) is 2.75. The van der Waals surface area contributed by atoms with E-state index in [-0.39, 0.29) is 0 Å². The monoisotopic (exact) mass is 164 g/mol. The summed E-state index contributed by atoms with van der Waals surface area (Å²) in [6.07, 6.45) is 12.5. The average Bonchev–Trinajstić information content (AvgIpc) is 2.03. The predicted molar refractivity (Wildman–Crippen MR) is 50.9 cm³/mol. The topological polar surface area (TPSA) is 0 Å². The summed E-state index contributed by atoms with van der Waals surface area (Å²) in [5.74, 6) is 4.79. The van der Waals surface area contributed by atoms with Crippen LogP contribution in [0.3, 0.4) is 0 Å². The zero-order valence-electron chi connectivity index (χ0n) is 7.97. The summed E-state index contributed by atoms with van der Waals surface area (Å²) < 4.78 is 0. The highest BCUT2D eigenvalue weighted by atomic mass is 14.6. The molecule has 0 spiro atoms. The van der Waals surface area contributed by atoms with Gasteiger partial charge >= 0.3 is 0 Å². The molecule has 0 radical (unpaired) electrons. The summed E-state index contributed by atoms with van der Waals surface area (Å²) in [5.41, 5.74) is 0. The Morgan fingerprint density at radius 2 is 0.833 bits per heavy atom. The van der Waals surface area contributed by atoms with Crippen LogP contribution in [0.4, 0.5) is 0 Å². The molecular formula is C12H20. The molecule has 4 bridgehead atoms. The first-order valence-electron chi connectivity index (χ1n) is 5.97. The van der Waals surface area contributed by atoms with Crippen molar-refractivity contribution in [2.24, 2.45) is 23.7 Å². The Labute approximate surface area is 75.7 Å². The lowest BCUT2D eigenvalue weighted by Gasteiger charge is -2.58. The van der Waals surface area contributed by atoms with Gasteiger partial charge in [-0.3, -0.25) is 0 Å². The Morgan fingerprint density at radius 3 is 1.33 bits per heavy atom. The summed E-state index contributed by atoms with van der Waals surface area (Å²) in [6, 6.07) is 0. The number of fused-ring (bicyclic) bond motifs is 4. The van der Waals surface area contributed by atoms with E-state index in [1.54, 1.807) is 44.9 Å².